The van der Waals surface area contributed by atoms with Gasteiger partial charge in [-0.05, 0) is 27.7 Å². The molecule has 0 aromatic rings. The van der Waals surface area contributed by atoms with Gasteiger partial charge in [0.25, 0.3) is 8.53 Å². The van der Waals surface area contributed by atoms with E-state index < -0.39 is 33.4 Å². The maximum absolute atomic E-state index is 9.84. The quantitative estimate of drug-likeness (QED) is 0.293. The van der Waals surface area contributed by atoms with Gasteiger partial charge in [0.2, 0.25) is 0 Å². The van der Waals surface area contributed by atoms with Crippen LogP contribution >= 0.6 is 8.53 Å². The molecule has 0 aliphatic heterocycles. The Hall–Kier alpha value is -0.360. The molecule has 9 heteroatoms. The molecule has 0 saturated carbocycles. The maximum atomic E-state index is 9.84. The third-order valence-electron chi connectivity index (χ3n) is 2.99. The Morgan fingerprint density at radius 2 is 1.61 bits per heavy atom. The summed E-state index contributed by atoms with van der Waals surface area (Å²) in [4.78, 5) is 0. The van der Waals surface area contributed by atoms with Gasteiger partial charge in [0.1, 0.15) is 18.3 Å². The lowest BCUT2D eigenvalue weighted by Crippen LogP contribution is -2.42. The molecular formula is C14H29N2O6P. The van der Waals surface area contributed by atoms with E-state index >= 15 is 0 Å². The fourth-order valence-electron chi connectivity index (χ4n) is 1.92. The summed E-state index contributed by atoms with van der Waals surface area (Å²) in [5.74, 6) is 0. The number of nitriles is 1. The van der Waals surface area contributed by atoms with Crippen LogP contribution in [-0.2, 0) is 9.05 Å². The minimum Gasteiger partial charge on any atom is -0.394 e. The van der Waals surface area contributed by atoms with E-state index in [0.717, 1.165) is 0 Å². The molecule has 0 aromatic carbocycles. The molecule has 8 nitrogen and oxygen atoms in total. The smallest absolute Gasteiger partial charge is 0.259 e. The second-order valence-electron chi connectivity index (χ2n) is 5.65. The van der Waals surface area contributed by atoms with Crippen molar-refractivity contribution in [1.82, 2.24) is 4.67 Å². The number of hydrogen-bond acceptors (Lipinski definition) is 8. The van der Waals surface area contributed by atoms with Crippen molar-refractivity contribution < 1.29 is 29.5 Å². The van der Waals surface area contributed by atoms with E-state index in [1.54, 1.807) is 0 Å². The molecule has 136 valence electrons. The maximum Gasteiger partial charge on any atom is 0.259 e. The Balaban J connectivity index is 4.77. The molecule has 0 bridgehead atoms. The second kappa shape index (κ2) is 12.1. The Labute approximate surface area is 139 Å². The van der Waals surface area contributed by atoms with Gasteiger partial charge in [0, 0.05) is 12.1 Å². The predicted molar refractivity (Wildman–Crippen MR) is 86.3 cm³/mol. The van der Waals surface area contributed by atoms with Crippen molar-refractivity contribution in [3.63, 3.8) is 0 Å². The van der Waals surface area contributed by atoms with Gasteiger partial charge in [-0.25, -0.2) is 4.67 Å². The van der Waals surface area contributed by atoms with Gasteiger partial charge in [0.05, 0.1) is 32.3 Å². The van der Waals surface area contributed by atoms with Crippen LogP contribution in [0.1, 0.15) is 34.1 Å². The van der Waals surface area contributed by atoms with Gasteiger partial charge in [0.15, 0.2) is 0 Å². The first-order chi connectivity index (χ1) is 10.8. The largest absolute Gasteiger partial charge is 0.394 e. The summed E-state index contributed by atoms with van der Waals surface area (Å²) in [6, 6.07) is 2.22. The lowest BCUT2D eigenvalue weighted by molar-refractivity contribution is -0.0881. The highest BCUT2D eigenvalue weighted by Crippen LogP contribution is 2.46. The Bertz CT molecular complexity index is 345. The molecule has 1 unspecified atom stereocenters. The van der Waals surface area contributed by atoms with Gasteiger partial charge < -0.3 is 29.5 Å². The summed E-state index contributed by atoms with van der Waals surface area (Å²) in [5, 5.41) is 46.2. The van der Waals surface area contributed by atoms with Gasteiger partial charge in [-0.1, -0.05) is 0 Å². The van der Waals surface area contributed by atoms with Gasteiger partial charge in [-0.3, -0.25) is 0 Å². The van der Waals surface area contributed by atoms with Crippen LogP contribution in [0.2, 0.25) is 0 Å². The predicted octanol–water partition coefficient (Wildman–Crippen LogP) is 0.354. The first-order valence-corrected chi connectivity index (χ1v) is 8.75. The van der Waals surface area contributed by atoms with Gasteiger partial charge in [-0.2, -0.15) is 5.26 Å². The molecule has 0 aromatic heterocycles. The average molecular weight is 352 g/mol. The summed E-state index contributed by atoms with van der Waals surface area (Å²) in [6.45, 7) is 7.21. The van der Waals surface area contributed by atoms with E-state index in [0.29, 0.717) is 0 Å². The fraction of sp³-hybridized carbons (Fsp3) is 0.929. The number of hydrogen-bond donors (Lipinski definition) is 4. The summed E-state index contributed by atoms with van der Waals surface area (Å²) in [6.07, 6.45) is -4.09. The van der Waals surface area contributed by atoms with E-state index in [4.69, 9.17) is 19.4 Å². The van der Waals surface area contributed by atoms with E-state index in [1.165, 1.54) is 0 Å². The number of aliphatic hydroxyl groups is 4. The van der Waals surface area contributed by atoms with Crippen LogP contribution in [-0.4, -0.2) is 75.3 Å². The van der Waals surface area contributed by atoms with Crippen LogP contribution in [0.3, 0.4) is 0 Å². The highest BCUT2D eigenvalue weighted by atomic mass is 31.2. The first kappa shape index (κ1) is 22.6. The highest BCUT2D eigenvalue weighted by molar-refractivity contribution is 7.44. The second-order valence-corrected chi connectivity index (χ2v) is 7.10. The SMILES string of the molecule is CC(C)N(C(C)C)P(OCCC#N)OC[C@H](O)[C@H](O)[C@H](O)CO. The van der Waals surface area contributed by atoms with Crippen molar-refractivity contribution in [2.45, 2.75) is 64.5 Å². The van der Waals surface area contributed by atoms with Crippen molar-refractivity contribution in [3.8, 4) is 6.07 Å². The third-order valence-corrected chi connectivity index (χ3v) is 5.07. The van der Waals surface area contributed by atoms with Crippen LogP contribution in [0.25, 0.3) is 0 Å². The molecule has 0 spiro atoms. The molecule has 4 atom stereocenters. The van der Waals surface area contributed by atoms with E-state index in [-0.39, 0.29) is 31.7 Å². The van der Waals surface area contributed by atoms with Crippen LogP contribution in [0.15, 0.2) is 0 Å². The van der Waals surface area contributed by atoms with Crippen LogP contribution in [0, 0.1) is 11.3 Å². The zero-order valence-corrected chi connectivity index (χ0v) is 15.1. The standard InChI is InChI=1S/C14H29N2O6P/c1-10(2)16(11(3)4)23(21-7-5-6-15)22-9-13(19)14(20)12(18)8-17/h10-14,17-20H,5,7-9H2,1-4H3/t12-,13+,14-,23?/m1/s1. The van der Waals surface area contributed by atoms with Crippen molar-refractivity contribution in [3.05, 3.63) is 0 Å². The number of aliphatic hydroxyl groups excluding tert-OH is 4. The van der Waals surface area contributed by atoms with E-state index in [2.05, 4.69) is 0 Å². The normalized spacial score (nSPS) is 17.3. The summed E-state index contributed by atoms with van der Waals surface area (Å²) in [7, 11) is -1.53. The van der Waals surface area contributed by atoms with E-state index in [1.807, 2.05) is 38.4 Å². The van der Waals surface area contributed by atoms with Crippen molar-refractivity contribution in [2.24, 2.45) is 0 Å². The van der Waals surface area contributed by atoms with E-state index in [9.17, 15) is 15.3 Å². The van der Waals surface area contributed by atoms with Gasteiger partial charge in [-0.15, -0.1) is 0 Å². The Morgan fingerprint density at radius 3 is 2.04 bits per heavy atom. The van der Waals surface area contributed by atoms with Crippen LogP contribution in [0.4, 0.5) is 0 Å². The molecule has 4 N–H and O–H groups in total. The molecule has 0 aliphatic rings. The lowest BCUT2D eigenvalue weighted by Gasteiger charge is -2.36. The molecule has 0 heterocycles. The zero-order chi connectivity index (χ0) is 18.0. The minimum absolute atomic E-state index is 0.119. The average Bonchev–Trinajstić information content (AvgIpc) is 2.49. The topological polar surface area (TPSA) is 126 Å². The zero-order valence-electron chi connectivity index (χ0n) is 14.2. The lowest BCUT2D eigenvalue weighted by atomic mass is 10.1. The first-order valence-electron chi connectivity index (χ1n) is 7.62. The summed E-state index contributed by atoms with van der Waals surface area (Å²) < 4.78 is 13.2. The Kier molecular flexibility index (Phi) is 11.9. The molecular weight excluding hydrogens is 323 g/mol. The number of nitrogens with zero attached hydrogens (tertiary/aromatic N) is 2. The molecule has 0 aliphatic carbocycles. The molecule has 0 fully saturated rings. The molecule has 0 amide bonds. The van der Waals surface area contributed by atoms with Crippen molar-refractivity contribution in [2.75, 3.05) is 19.8 Å². The number of rotatable bonds is 12. The monoisotopic (exact) mass is 352 g/mol. The summed E-state index contributed by atoms with van der Waals surface area (Å²) >= 11 is 0. The molecule has 0 rings (SSSR count). The minimum atomic E-state index is -1.53. The molecule has 0 saturated heterocycles. The van der Waals surface area contributed by atoms with Crippen LogP contribution in [0.5, 0.6) is 0 Å². The fourth-order valence-corrected chi connectivity index (χ4v) is 3.54. The third kappa shape index (κ3) is 8.34. The Morgan fingerprint density at radius 1 is 1.04 bits per heavy atom. The van der Waals surface area contributed by atoms with Crippen molar-refractivity contribution >= 4 is 8.53 Å². The molecule has 0 radical (unpaired) electrons. The summed E-state index contributed by atoms with van der Waals surface area (Å²) in [5.41, 5.74) is 0. The van der Waals surface area contributed by atoms with Crippen molar-refractivity contribution in [1.29, 1.82) is 5.26 Å². The highest BCUT2D eigenvalue weighted by Gasteiger charge is 2.30. The van der Waals surface area contributed by atoms with Crippen LogP contribution < -0.4 is 0 Å². The molecule has 23 heavy (non-hydrogen) atoms. The van der Waals surface area contributed by atoms with Gasteiger partial charge >= 0.3 is 0 Å².